The van der Waals surface area contributed by atoms with Crippen molar-refractivity contribution in [2.45, 2.75) is 26.8 Å². The van der Waals surface area contributed by atoms with E-state index >= 15 is 0 Å². The van der Waals surface area contributed by atoms with Crippen LogP contribution in [0.15, 0.2) is 42.5 Å². The molecule has 21 heavy (non-hydrogen) atoms. The average molecular weight is 283 g/mol. The van der Waals surface area contributed by atoms with Crippen LogP contribution in [0, 0.1) is 13.8 Å². The Kier molecular flexibility index (Phi) is 4.99. The van der Waals surface area contributed by atoms with Gasteiger partial charge in [0, 0.05) is 6.54 Å². The molecule has 1 amide bonds. The van der Waals surface area contributed by atoms with E-state index in [9.17, 15) is 4.79 Å². The van der Waals surface area contributed by atoms with Crippen molar-refractivity contribution in [1.29, 1.82) is 0 Å². The van der Waals surface area contributed by atoms with E-state index < -0.39 is 0 Å². The van der Waals surface area contributed by atoms with Gasteiger partial charge in [-0.3, -0.25) is 4.79 Å². The number of aryl methyl sites for hydroxylation is 2. The quantitative estimate of drug-likeness (QED) is 0.915. The number of ether oxygens (including phenoxy) is 1. The molecule has 0 saturated carbocycles. The molecule has 0 aromatic heterocycles. The molecule has 0 aliphatic rings. The number of benzene rings is 2. The lowest BCUT2D eigenvalue weighted by Gasteiger charge is -2.09. The molecule has 2 aromatic rings. The summed E-state index contributed by atoms with van der Waals surface area (Å²) in [6.45, 7) is 4.59. The van der Waals surface area contributed by atoms with E-state index in [1.165, 1.54) is 5.56 Å². The fraction of sp³-hybridized carbons (Fsp3) is 0.278. The third-order valence-corrected chi connectivity index (χ3v) is 3.48. The second-order valence-electron chi connectivity index (χ2n) is 5.23. The van der Waals surface area contributed by atoms with E-state index in [2.05, 4.69) is 23.5 Å². The number of hydrogen-bond donors (Lipinski definition) is 1. The Hall–Kier alpha value is -2.29. The smallest absolute Gasteiger partial charge is 0.224 e. The van der Waals surface area contributed by atoms with Gasteiger partial charge >= 0.3 is 0 Å². The molecule has 0 atom stereocenters. The summed E-state index contributed by atoms with van der Waals surface area (Å²) in [4.78, 5) is 12.1. The zero-order valence-corrected chi connectivity index (χ0v) is 12.8. The fourth-order valence-electron chi connectivity index (χ4n) is 2.21. The average Bonchev–Trinajstić information content (AvgIpc) is 2.49. The van der Waals surface area contributed by atoms with Gasteiger partial charge in [0.25, 0.3) is 0 Å². The van der Waals surface area contributed by atoms with E-state index in [4.69, 9.17) is 4.74 Å². The van der Waals surface area contributed by atoms with Crippen molar-refractivity contribution >= 4 is 5.91 Å². The van der Waals surface area contributed by atoms with Gasteiger partial charge in [0.1, 0.15) is 5.75 Å². The van der Waals surface area contributed by atoms with Crippen LogP contribution in [0.3, 0.4) is 0 Å². The number of carbonyl (C=O) groups excluding carboxylic acids is 1. The van der Waals surface area contributed by atoms with E-state index in [-0.39, 0.29) is 5.91 Å². The number of nitrogens with one attached hydrogen (secondary N) is 1. The summed E-state index contributed by atoms with van der Waals surface area (Å²) in [7, 11) is 1.64. The molecule has 0 heterocycles. The minimum atomic E-state index is 0.0338. The highest BCUT2D eigenvalue weighted by atomic mass is 16.5. The minimum Gasteiger partial charge on any atom is -0.497 e. The molecule has 3 heteroatoms. The predicted octanol–water partition coefficient (Wildman–Crippen LogP) is 3.17. The Balaban J connectivity index is 1.94. The summed E-state index contributed by atoms with van der Waals surface area (Å²) in [6.07, 6.45) is 0.414. The maximum absolute atomic E-state index is 12.1. The van der Waals surface area contributed by atoms with E-state index in [0.29, 0.717) is 13.0 Å². The Morgan fingerprint density at radius 3 is 2.71 bits per heavy atom. The third-order valence-electron chi connectivity index (χ3n) is 3.48. The molecule has 0 unspecified atom stereocenters. The number of rotatable bonds is 5. The van der Waals surface area contributed by atoms with Gasteiger partial charge in [0.2, 0.25) is 5.91 Å². The fourth-order valence-corrected chi connectivity index (χ4v) is 2.21. The van der Waals surface area contributed by atoms with Crippen LogP contribution in [-0.4, -0.2) is 13.0 Å². The van der Waals surface area contributed by atoms with Crippen molar-refractivity contribution in [3.8, 4) is 5.75 Å². The number of hydrogen-bond acceptors (Lipinski definition) is 2. The van der Waals surface area contributed by atoms with Crippen molar-refractivity contribution in [2.75, 3.05) is 7.11 Å². The molecular formula is C18H21NO2. The third kappa shape index (κ3) is 4.35. The van der Waals surface area contributed by atoms with Gasteiger partial charge in [-0.15, -0.1) is 0 Å². The Morgan fingerprint density at radius 1 is 1.14 bits per heavy atom. The number of carbonyl (C=O) groups is 1. The molecule has 0 radical (unpaired) electrons. The van der Waals surface area contributed by atoms with Crippen LogP contribution in [0.4, 0.5) is 0 Å². The lowest BCUT2D eigenvalue weighted by atomic mass is 10.0. The molecule has 0 bridgehead atoms. The van der Waals surface area contributed by atoms with Gasteiger partial charge in [-0.25, -0.2) is 0 Å². The molecule has 110 valence electrons. The number of amides is 1. The highest BCUT2D eigenvalue weighted by Gasteiger charge is 2.06. The Morgan fingerprint density at radius 2 is 1.95 bits per heavy atom. The first-order valence-electron chi connectivity index (χ1n) is 7.04. The summed E-state index contributed by atoms with van der Waals surface area (Å²) in [6, 6.07) is 13.9. The lowest BCUT2D eigenvalue weighted by Crippen LogP contribution is -2.24. The minimum absolute atomic E-state index is 0.0338. The molecule has 0 spiro atoms. The van der Waals surface area contributed by atoms with Crippen LogP contribution in [-0.2, 0) is 17.8 Å². The zero-order chi connectivity index (χ0) is 15.2. The van der Waals surface area contributed by atoms with Crippen LogP contribution >= 0.6 is 0 Å². The van der Waals surface area contributed by atoms with Gasteiger partial charge in [0.15, 0.2) is 0 Å². The first-order chi connectivity index (χ1) is 10.1. The Labute approximate surface area is 126 Å². The second kappa shape index (κ2) is 6.93. The molecular weight excluding hydrogens is 262 g/mol. The maximum atomic E-state index is 12.1. The molecule has 2 rings (SSSR count). The topological polar surface area (TPSA) is 38.3 Å². The standard InChI is InChI=1S/C18H21NO2/c1-13-7-8-14(2)16(9-13)11-18(20)19-12-15-5-4-6-17(10-15)21-3/h4-10H,11-12H2,1-3H3,(H,19,20). The number of methoxy groups -OCH3 is 1. The van der Waals surface area contributed by atoms with Crippen LogP contribution in [0.25, 0.3) is 0 Å². The molecule has 3 nitrogen and oxygen atoms in total. The first kappa shape index (κ1) is 15.1. The van der Waals surface area contributed by atoms with E-state index in [1.807, 2.05) is 38.1 Å². The van der Waals surface area contributed by atoms with Gasteiger partial charge in [-0.05, 0) is 42.7 Å². The van der Waals surface area contributed by atoms with Crippen LogP contribution in [0.2, 0.25) is 0 Å². The van der Waals surface area contributed by atoms with E-state index in [0.717, 1.165) is 22.4 Å². The van der Waals surface area contributed by atoms with Crippen molar-refractivity contribution < 1.29 is 9.53 Å². The molecule has 2 aromatic carbocycles. The second-order valence-corrected chi connectivity index (χ2v) is 5.23. The normalized spacial score (nSPS) is 10.2. The van der Waals surface area contributed by atoms with Crippen molar-refractivity contribution in [3.63, 3.8) is 0 Å². The Bertz CT molecular complexity index is 635. The highest BCUT2D eigenvalue weighted by molar-refractivity contribution is 5.79. The van der Waals surface area contributed by atoms with Gasteiger partial charge < -0.3 is 10.1 Å². The van der Waals surface area contributed by atoms with Crippen LogP contribution in [0.5, 0.6) is 5.75 Å². The van der Waals surface area contributed by atoms with Gasteiger partial charge in [-0.2, -0.15) is 0 Å². The highest BCUT2D eigenvalue weighted by Crippen LogP contribution is 2.13. The van der Waals surface area contributed by atoms with Crippen molar-refractivity contribution in [1.82, 2.24) is 5.32 Å². The SMILES string of the molecule is COc1cccc(CNC(=O)Cc2cc(C)ccc2C)c1. The maximum Gasteiger partial charge on any atom is 0.224 e. The molecule has 0 saturated heterocycles. The van der Waals surface area contributed by atoms with Gasteiger partial charge in [0.05, 0.1) is 13.5 Å². The lowest BCUT2D eigenvalue weighted by molar-refractivity contribution is -0.120. The monoisotopic (exact) mass is 283 g/mol. The predicted molar refractivity (Wildman–Crippen MR) is 84.5 cm³/mol. The summed E-state index contributed by atoms with van der Waals surface area (Å²) in [5, 5.41) is 2.95. The van der Waals surface area contributed by atoms with E-state index in [1.54, 1.807) is 7.11 Å². The largest absolute Gasteiger partial charge is 0.497 e. The molecule has 1 N–H and O–H groups in total. The summed E-state index contributed by atoms with van der Waals surface area (Å²) >= 11 is 0. The summed E-state index contributed by atoms with van der Waals surface area (Å²) in [5.41, 5.74) is 4.44. The molecule has 0 aliphatic heterocycles. The molecule has 0 fully saturated rings. The summed E-state index contributed by atoms with van der Waals surface area (Å²) < 4.78 is 5.17. The first-order valence-corrected chi connectivity index (χ1v) is 7.04. The van der Waals surface area contributed by atoms with Crippen LogP contribution < -0.4 is 10.1 Å². The molecule has 0 aliphatic carbocycles. The van der Waals surface area contributed by atoms with Crippen LogP contribution in [0.1, 0.15) is 22.3 Å². The van der Waals surface area contributed by atoms with Gasteiger partial charge in [-0.1, -0.05) is 35.9 Å². The zero-order valence-electron chi connectivity index (χ0n) is 12.8. The summed E-state index contributed by atoms with van der Waals surface area (Å²) in [5.74, 6) is 0.836. The van der Waals surface area contributed by atoms with Crippen molar-refractivity contribution in [3.05, 3.63) is 64.7 Å². The van der Waals surface area contributed by atoms with Crippen molar-refractivity contribution in [2.24, 2.45) is 0 Å².